The minimum atomic E-state index is -3.99. The third-order valence-electron chi connectivity index (χ3n) is 1.48. The number of aryl methyl sites for hydroxylation is 1. The Labute approximate surface area is 81.3 Å². The maximum atomic E-state index is 11.9. The van der Waals surface area contributed by atoms with E-state index >= 15 is 0 Å². The van der Waals surface area contributed by atoms with Crippen molar-refractivity contribution >= 4 is 15.0 Å². The topological polar surface area (TPSA) is 0 Å². The molecule has 1 aromatic carbocycles. The average molecular weight is 253 g/mol. The van der Waals surface area contributed by atoms with Crippen molar-refractivity contribution in [2.45, 2.75) is 17.3 Å². The molecule has 0 aliphatic rings. The van der Waals surface area contributed by atoms with E-state index in [2.05, 4.69) is 0 Å². The molecule has 0 atom stereocenters. The Kier molecular flexibility index (Phi) is 3.39. The molecule has 0 N–H and O–H groups in total. The van der Waals surface area contributed by atoms with E-state index < -0.39 is 20.0 Å². The summed E-state index contributed by atoms with van der Waals surface area (Å²) >= 11 is -1.29. The van der Waals surface area contributed by atoms with Gasteiger partial charge < -0.3 is 0 Å². The van der Waals surface area contributed by atoms with E-state index in [1.807, 2.05) is 13.0 Å². The molecule has 0 aliphatic heterocycles. The third-order valence-corrected chi connectivity index (χ3v) is 3.17. The Hall–Kier alpha value is -0.471. The summed E-state index contributed by atoms with van der Waals surface area (Å²) < 4.78 is 35.6. The molecule has 0 fully saturated rings. The number of benzene rings is 1. The Bertz CT molecular complexity index is 280. The molecule has 0 amide bonds. The molecule has 0 unspecified atom stereocenters. The average Bonchev–Trinajstić information content (AvgIpc) is 2.00. The van der Waals surface area contributed by atoms with E-state index in [0.717, 1.165) is 11.1 Å². The van der Waals surface area contributed by atoms with Crippen LogP contribution in [0.1, 0.15) is 11.1 Å². The van der Waals surface area contributed by atoms with Gasteiger partial charge in [0.1, 0.15) is 0 Å². The van der Waals surface area contributed by atoms with Crippen molar-refractivity contribution in [3.05, 3.63) is 35.4 Å². The fourth-order valence-corrected chi connectivity index (χ4v) is 2.04. The summed E-state index contributed by atoms with van der Waals surface area (Å²) in [6.07, 6.45) is 0. The molecule has 0 radical (unpaired) electrons. The summed E-state index contributed by atoms with van der Waals surface area (Å²) in [6, 6.07) is 7.20. The van der Waals surface area contributed by atoms with E-state index in [1.54, 1.807) is 18.2 Å². The number of hydrogen-bond donors (Lipinski definition) is 0. The van der Waals surface area contributed by atoms with Gasteiger partial charge in [0, 0.05) is 0 Å². The molecule has 13 heavy (non-hydrogen) atoms. The van der Waals surface area contributed by atoms with Crippen LogP contribution in [0.4, 0.5) is 13.2 Å². The SMILES string of the molecule is Cc1cccc(C[Se]C(F)(F)F)c1. The minimum absolute atomic E-state index is 0.137. The Morgan fingerprint density at radius 1 is 1.31 bits per heavy atom. The van der Waals surface area contributed by atoms with Crippen molar-refractivity contribution < 1.29 is 13.2 Å². The van der Waals surface area contributed by atoms with Crippen LogP contribution in [0.25, 0.3) is 0 Å². The van der Waals surface area contributed by atoms with Crippen molar-refractivity contribution in [1.29, 1.82) is 0 Å². The van der Waals surface area contributed by atoms with Crippen molar-refractivity contribution in [3.8, 4) is 0 Å². The van der Waals surface area contributed by atoms with E-state index in [4.69, 9.17) is 0 Å². The van der Waals surface area contributed by atoms with Crippen molar-refractivity contribution in [3.63, 3.8) is 0 Å². The van der Waals surface area contributed by atoms with Crippen LogP contribution in [0.3, 0.4) is 0 Å². The zero-order chi connectivity index (χ0) is 9.90. The first-order valence-corrected chi connectivity index (χ1v) is 5.80. The van der Waals surface area contributed by atoms with Crippen LogP contribution in [-0.2, 0) is 5.32 Å². The second kappa shape index (κ2) is 4.16. The third kappa shape index (κ3) is 4.34. The van der Waals surface area contributed by atoms with Gasteiger partial charge in [-0.25, -0.2) is 0 Å². The molecule has 0 bridgehead atoms. The van der Waals surface area contributed by atoms with Crippen LogP contribution in [0.5, 0.6) is 0 Å². The van der Waals surface area contributed by atoms with Crippen LogP contribution in [0.15, 0.2) is 24.3 Å². The van der Waals surface area contributed by atoms with Crippen LogP contribution >= 0.6 is 0 Å². The fourth-order valence-electron chi connectivity index (χ4n) is 0.967. The predicted molar refractivity (Wildman–Crippen MR) is 46.7 cm³/mol. The van der Waals surface area contributed by atoms with Crippen molar-refractivity contribution in [2.75, 3.05) is 0 Å². The van der Waals surface area contributed by atoms with Gasteiger partial charge in [0.2, 0.25) is 0 Å². The first-order chi connectivity index (χ1) is 5.97. The van der Waals surface area contributed by atoms with Crippen LogP contribution in [0.2, 0.25) is 0 Å². The molecule has 0 spiro atoms. The molecule has 4 heteroatoms. The first kappa shape index (κ1) is 10.6. The standard InChI is InChI=1S/C9H9F3Se/c1-7-3-2-4-8(5-7)6-13-9(10,11)12/h2-5H,6H2,1H3. The van der Waals surface area contributed by atoms with Crippen molar-refractivity contribution in [2.24, 2.45) is 0 Å². The molecular weight excluding hydrogens is 244 g/mol. The zero-order valence-electron chi connectivity index (χ0n) is 7.06. The number of rotatable bonds is 2. The number of halogens is 3. The molecule has 0 heterocycles. The quantitative estimate of drug-likeness (QED) is 0.711. The molecule has 0 saturated carbocycles. The summed E-state index contributed by atoms with van der Waals surface area (Å²) in [6.45, 7) is 1.88. The first-order valence-electron chi connectivity index (χ1n) is 3.73. The maximum absolute atomic E-state index is 11.9. The Morgan fingerprint density at radius 3 is 2.54 bits per heavy atom. The monoisotopic (exact) mass is 254 g/mol. The number of alkyl halides is 3. The second-order valence-electron chi connectivity index (χ2n) is 2.72. The van der Waals surface area contributed by atoms with Crippen LogP contribution in [0, 0.1) is 6.92 Å². The number of hydrogen-bond acceptors (Lipinski definition) is 0. The van der Waals surface area contributed by atoms with E-state index in [-0.39, 0.29) is 5.32 Å². The summed E-state index contributed by atoms with van der Waals surface area (Å²) in [5.41, 5.74) is 1.78. The molecule has 72 valence electrons. The van der Waals surface area contributed by atoms with Gasteiger partial charge in [0.25, 0.3) is 0 Å². The van der Waals surface area contributed by atoms with E-state index in [1.165, 1.54) is 0 Å². The predicted octanol–water partition coefficient (Wildman–Crippen LogP) is 2.72. The van der Waals surface area contributed by atoms with Gasteiger partial charge in [-0.05, 0) is 0 Å². The van der Waals surface area contributed by atoms with Crippen LogP contribution < -0.4 is 0 Å². The fraction of sp³-hybridized carbons (Fsp3) is 0.333. The molecule has 0 saturated heterocycles. The van der Waals surface area contributed by atoms with Crippen LogP contribution in [-0.4, -0.2) is 20.0 Å². The summed E-state index contributed by atoms with van der Waals surface area (Å²) in [5.74, 6) is 0. The summed E-state index contributed by atoms with van der Waals surface area (Å²) in [7, 11) is 0. The molecule has 1 rings (SSSR count). The second-order valence-corrected chi connectivity index (χ2v) is 4.91. The van der Waals surface area contributed by atoms with E-state index in [0.29, 0.717) is 0 Å². The molecular formula is C9H9F3Se. The Balaban J connectivity index is 2.55. The van der Waals surface area contributed by atoms with Gasteiger partial charge in [-0.1, -0.05) is 0 Å². The molecule has 1 aromatic rings. The van der Waals surface area contributed by atoms with Gasteiger partial charge in [0.05, 0.1) is 0 Å². The van der Waals surface area contributed by atoms with Crippen molar-refractivity contribution in [1.82, 2.24) is 0 Å². The van der Waals surface area contributed by atoms with Gasteiger partial charge in [0.15, 0.2) is 0 Å². The zero-order valence-corrected chi connectivity index (χ0v) is 8.77. The summed E-state index contributed by atoms with van der Waals surface area (Å²) in [4.78, 5) is 0. The molecule has 0 aromatic heterocycles. The molecule has 0 aliphatic carbocycles. The van der Waals surface area contributed by atoms with Gasteiger partial charge in [-0.15, -0.1) is 0 Å². The normalized spacial score (nSPS) is 11.7. The van der Waals surface area contributed by atoms with Gasteiger partial charge >= 0.3 is 80.8 Å². The summed E-state index contributed by atoms with van der Waals surface area (Å²) in [5, 5.41) is -3.85. The van der Waals surface area contributed by atoms with Gasteiger partial charge in [-0.2, -0.15) is 0 Å². The molecule has 0 nitrogen and oxygen atoms in total. The van der Waals surface area contributed by atoms with E-state index in [9.17, 15) is 13.2 Å². The van der Waals surface area contributed by atoms with Gasteiger partial charge in [-0.3, -0.25) is 0 Å². The Morgan fingerprint density at radius 2 is 2.00 bits per heavy atom.